The van der Waals surface area contributed by atoms with E-state index in [1.54, 1.807) is 0 Å². The third-order valence-electron chi connectivity index (χ3n) is 2.46. The molecule has 3 aromatic rings. The van der Waals surface area contributed by atoms with Crippen molar-refractivity contribution in [2.45, 2.75) is 0 Å². The molecule has 8 heteroatoms. The van der Waals surface area contributed by atoms with Crippen LogP contribution in [0.4, 0.5) is 5.82 Å². The number of anilines is 1. The van der Waals surface area contributed by atoms with Gasteiger partial charge in [-0.15, -0.1) is 5.10 Å². The summed E-state index contributed by atoms with van der Waals surface area (Å²) in [4.78, 5) is 15.2. The molecule has 0 saturated carbocycles. The Morgan fingerprint density at radius 3 is 2.89 bits per heavy atom. The number of aromatic nitrogens is 5. The van der Waals surface area contributed by atoms with Crippen LogP contribution >= 0.6 is 0 Å². The lowest BCUT2D eigenvalue weighted by atomic mass is 10.1. The molecule has 7 nitrogen and oxygen atoms in total. The summed E-state index contributed by atoms with van der Waals surface area (Å²) in [5.41, 5.74) is 6.52. The Balaban J connectivity index is 2.04. The molecule has 2 N–H and O–H groups in total. The first-order valence-corrected chi connectivity index (χ1v) is 5.23. The zero-order chi connectivity index (χ0) is 12.5. The van der Waals surface area contributed by atoms with Gasteiger partial charge in [0, 0.05) is 6.20 Å². The molecular weight excluding hydrogens is 231 g/mol. The van der Waals surface area contributed by atoms with Crippen LogP contribution < -0.4 is 11.4 Å². The van der Waals surface area contributed by atoms with E-state index in [1.807, 2.05) is 24.3 Å². The highest BCUT2D eigenvalue weighted by Crippen LogP contribution is 2.07. The maximum Gasteiger partial charge on any atom is 0.426 e. The minimum Gasteiger partial charge on any atom is -0.383 e. The van der Waals surface area contributed by atoms with E-state index in [0.717, 1.165) is 11.0 Å². The lowest BCUT2D eigenvalue weighted by Gasteiger charge is -2.02. The average molecular weight is 239 g/mol. The Labute approximate surface area is 102 Å². The Hall–Kier alpha value is -2.64. The fraction of sp³-hybridized carbons (Fsp3) is 0. The summed E-state index contributed by atoms with van der Waals surface area (Å²) in [5, 5.41) is 7.93. The molecule has 1 aromatic carbocycles. The fourth-order valence-electron chi connectivity index (χ4n) is 1.60. The molecule has 0 aliphatic rings. The second-order valence-corrected chi connectivity index (χ2v) is 3.68. The second kappa shape index (κ2) is 3.99. The van der Waals surface area contributed by atoms with Crippen LogP contribution in [-0.2, 0) is 0 Å². The van der Waals surface area contributed by atoms with E-state index in [1.165, 1.54) is 28.9 Å². The molecule has 2 aromatic heterocycles. The van der Waals surface area contributed by atoms with E-state index >= 15 is 0 Å². The lowest BCUT2D eigenvalue weighted by Crippen LogP contribution is -2.31. The highest BCUT2D eigenvalue weighted by atomic mass is 16.1. The van der Waals surface area contributed by atoms with Crippen LogP contribution in [0.3, 0.4) is 0 Å². The number of hydrogen-bond acceptors (Lipinski definition) is 5. The lowest BCUT2D eigenvalue weighted by molar-refractivity contribution is 0.856. The van der Waals surface area contributed by atoms with Gasteiger partial charge in [-0.1, -0.05) is 17.3 Å². The van der Waals surface area contributed by atoms with Gasteiger partial charge in [0.1, 0.15) is 11.3 Å². The van der Waals surface area contributed by atoms with E-state index in [2.05, 4.69) is 15.3 Å². The number of nitrogens with zero attached hydrogens (tertiary/aromatic N) is 5. The highest BCUT2D eigenvalue weighted by molar-refractivity contribution is 6.32. The van der Waals surface area contributed by atoms with Crippen LogP contribution in [0.25, 0.3) is 11.0 Å². The molecule has 0 aliphatic carbocycles. The maximum absolute atomic E-state index is 11.6. The fourth-order valence-corrected chi connectivity index (χ4v) is 1.60. The predicted octanol–water partition coefficient (Wildman–Crippen LogP) is -0.499. The third kappa shape index (κ3) is 1.73. The second-order valence-electron chi connectivity index (χ2n) is 3.68. The molecule has 0 spiro atoms. The van der Waals surface area contributed by atoms with Gasteiger partial charge in [0.05, 0.1) is 5.52 Å². The van der Waals surface area contributed by atoms with E-state index in [-0.39, 0.29) is 5.82 Å². The zero-order valence-electron chi connectivity index (χ0n) is 9.26. The summed E-state index contributed by atoms with van der Waals surface area (Å²) in [6, 6.07) is 8.99. The van der Waals surface area contributed by atoms with E-state index < -0.39 is 5.69 Å². The Morgan fingerprint density at radius 1 is 1.22 bits per heavy atom. The van der Waals surface area contributed by atoms with Crippen LogP contribution in [0.1, 0.15) is 0 Å². The highest BCUT2D eigenvalue weighted by Gasteiger charge is 2.08. The molecule has 18 heavy (non-hydrogen) atoms. The first-order chi connectivity index (χ1) is 8.74. The number of hydrogen-bond donors (Lipinski definition) is 1. The molecule has 3 rings (SSSR count). The number of nitrogen functional groups attached to an aromatic ring is 1. The van der Waals surface area contributed by atoms with Gasteiger partial charge >= 0.3 is 13.2 Å². The average Bonchev–Trinajstić information content (AvgIpc) is 2.76. The smallest absolute Gasteiger partial charge is 0.383 e. The van der Waals surface area contributed by atoms with Crippen LogP contribution in [0.15, 0.2) is 41.3 Å². The molecular formula is C10H8BN6O. The van der Waals surface area contributed by atoms with E-state index in [9.17, 15) is 4.79 Å². The summed E-state index contributed by atoms with van der Waals surface area (Å²) >= 11 is 0. The maximum atomic E-state index is 11.6. The van der Waals surface area contributed by atoms with Crippen LogP contribution in [0.5, 0.6) is 0 Å². The van der Waals surface area contributed by atoms with Crippen molar-refractivity contribution in [3.05, 3.63) is 47.0 Å². The SMILES string of the molecule is Nc1ccn([B]n2nnc3ccccc32)c(=O)n1. The summed E-state index contributed by atoms with van der Waals surface area (Å²) in [5.74, 6) is 0.188. The molecule has 87 valence electrons. The molecule has 0 amide bonds. The van der Waals surface area contributed by atoms with Crippen molar-refractivity contribution in [1.82, 2.24) is 24.4 Å². The summed E-state index contributed by atoms with van der Waals surface area (Å²) in [6.45, 7) is 0. The van der Waals surface area contributed by atoms with Crippen molar-refractivity contribution in [1.29, 1.82) is 0 Å². The van der Waals surface area contributed by atoms with Crippen molar-refractivity contribution in [2.75, 3.05) is 5.73 Å². The minimum absolute atomic E-state index is 0.188. The number of fused-ring (bicyclic) bond motifs is 1. The van der Waals surface area contributed by atoms with Gasteiger partial charge in [0.15, 0.2) is 0 Å². The van der Waals surface area contributed by atoms with Crippen LogP contribution in [0.2, 0.25) is 0 Å². The Kier molecular flexibility index (Phi) is 2.33. The number of benzene rings is 1. The van der Waals surface area contributed by atoms with E-state index in [4.69, 9.17) is 5.73 Å². The minimum atomic E-state index is -0.463. The van der Waals surface area contributed by atoms with Crippen LogP contribution in [-0.4, -0.2) is 31.9 Å². The van der Waals surface area contributed by atoms with Gasteiger partial charge in [0.2, 0.25) is 0 Å². The van der Waals surface area contributed by atoms with Gasteiger partial charge in [-0.2, -0.15) is 4.98 Å². The van der Waals surface area contributed by atoms with Crippen molar-refractivity contribution in [3.8, 4) is 0 Å². The largest absolute Gasteiger partial charge is 0.426 e. The monoisotopic (exact) mass is 239 g/mol. The van der Waals surface area contributed by atoms with Crippen molar-refractivity contribution in [3.63, 3.8) is 0 Å². The van der Waals surface area contributed by atoms with Crippen molar-refractivity contribution in [2.24, 2.45) is 0 Å². The zero-order valence-corrected chi connectivity index (χ0v) is 9.26. The standard InChI is InChI=1S/C10H8BN6O/c12-9-5-6-16(10(18)13-9)11-17-8-4-2-1-3-7(8)14-15-17/h1-6H,(H2,12,13,18). The Morgan fingerprint density at radius 2 is 2.06 bits per heavy atom. The quantitative estimate of drug-likeness (QED) is 0.608. The molecule has 0 atom stereocenters. The molecule has 0 aliphatic heterocycles. The van der Waals surface area contributed by atoms with Gasteiger partial charge in [-0.05, 0) is 18.2 Å². The predicted molar refractivity (Wildman–Crippen MR) is 67.0 cm³/mol. The summed E-state index contributed by atoms with van der Waals surface area (Å²) in [6.07, 6.45) is 1.53. The molecule has 0 fully saturated rings. The van der Waals surface area contributed by atoms with Crippen LogP contribution in [0, 0.1) is 0 Å². The number of nitrogens with two attached hydrogens (primary N) is 1. The summed E-state index contributed by atoms with van der Waals surface area (Å²) < 4.78 is 2.80. The van der Waals surface area contributed by atoms with Gasteiger partial charge in [-0.3, -0.25) is 4.59 Å². The number of para-hydroxylation sites is 1. The topological polar surface area (TPSA) is 91.6 Å². The first kappa shape index (κ1) is 10.5. The van der Waals surface area contributed by atoms with Gasteiger partial charge in [-0.25, -0.2) is 4.79 Å². The van der Waals surface area contributed by atoms with E-state index in [0.29, 0.717) is 0 Å². The van der Waals surface area contributed by atoms with Crippen molar-refractivity contribution >= 4 is 24.4 Å². The van der Waals surface area contributed by atoms with Crippen molar-refractivity contribution < 1.29 is 0 Å². The van der Waals surface area contributed by atoms with Gasteiger partial charge in [0.25, 0.3) is 0 Å². The Bertz CT molecular complexity index is 764. The molecule has 2 heterocycles. The molecule has 1 radical (unpaired) electrons. The first-order valence-electron chi connectivity index (χ1n) is 5.23. The molecule has 0 unspecified atom stereocenters. The normalized spacial score (nSPS) is 10.7. The number of rotatable bonds is 2. The summed E-state index contributed by atoms with van der Waals surface area (Å²) in [7, 11) is 1.50. The van der Waals surface area contributed by atoms with Gasteiger partial charge < -0.3 is 10.2 Å². The molecule has 0 bridgehead atoms. The molecule has 0 saturated heterocycles. The third-order valence-corrected chi connectivity index (χ3v) is 2.46.